The number of carbonyl (C=O) groups excluding carboxylic acids is 2. The van der Waals surface area contributed by atoms with Crippen LogP contribution >= 0.6 is 0 Å². The average Bonchev–Trinajstić information content (AvgIpc) is 2.22. The maximum Gasteiger partial charge on any atom is 2.00 e. The molecule has 0 aromatic carbocycles. The summed E-state index contributed by atoms with van der Waals surface area (Å²) in [7, 11) is 0. The fourth-order valence-electron chi connectivity index (χ4n) is 1.46. The van der Waals surface area contributed by atoms with Gasteiger partial charge in [0.05, 0.1) is 25.0 Å². The molecule has 0 radical (unpaired) electrons. The summed E-state index contributed by atoms with van der Waals surface area (Å²) >= 11 is 0. The minimum atomic E-state index is -1.51. The molecule has 0 aromatic heterocycles. The topological polar surface area (TPSA) is 161 Å². The zero-order valence-corrected chi connectivity index (χ0v) is 12.2. The number of carboxylic acid groups (broad SMARTS) is 4. The van der Waals surface area contributed by atoms with Crippen LogP contribution in [-0.2, 0) is 36.5 Å². The predicted molar refractivity (Wildman–Crippen MR) is 58.2 cm³/mol. The van der Waals surface area contributed by atoms with Crippen molar-refractivity contribution < 1.29 is 57.0 Å². The number of hydrogen-bond donors (Lipinski definition) is 2. The number of aliphatic carboxylic acids is 4. The van der Waals surface area contributed by atoms with Crippen molar-refractivity contribution in [3.8, 4) is 0 Å². The number of hydrogen-bond acceptors (Lipinski definition) is 8. The van der Waals surface area contributed by atoms with E-state index in [4.69, 9.17) is 10.2 Å². The zero-order valence-electron chi connectivity index (χ0n) is 10.9. The molecule has 0 saturated heterocycles. The van der Waals surface area contributed by atoms with Gasteiger partial charge in [-0.1, -0.05) is 0 Å². The van der Waals surface area contributed by atoms with Crippen LogP contribution < -0.4 is 10.2 Å². The Morgan fingerprint density at radius 3 is 1.24 bits per heavy atom. The third-order valence-electron chi connectivity index (χ3n) is 2.16. The normalized spacial score (nSPS) is 10.2. The Labute approximate surface area is 130 Å². The molecule has 0 aliphatic heterocycles. The van der Waals surface area contributed by atoms with Crippen LogP contribution in [0.1, 0.15) is 0 Å². The second-order valence-corrected chi connectivity index (χ2v) is 3.95. The van der Waals surface area contributed by atoms with E-state index in [0.717, 1.165) is 9.80 Å². The van der Waals surface area contributed by atoms with Gasteiger partial charge in [-0.15, -0.1) is 0 Å². The van der Waals surface area contributed by atoms with Crippen molar-refractivity contribution >= 4 is 23.9 Å². The number of carboxylic acids is 4. The maximum absolute atomic E-state index is 10.5. The van der Waals surface area contributed by atoms with Gasteiger partial charge in [0.1, 0.15) is 0 Å². The van der Waals surface area contributed by atoms with Gasteiger partial charge in [-0.25, -0.2) is 0 Å². The zero-order chi connectivity index (χ0) is 15.7. The van der Waals surface area contributed by atoms with E-state index >= 15 is 0 Å². The van der Waals surface area contributed by atoms with Crippen molar-refractivity contribution in [3.63, 3.8) is 0 Å². The fraction of sp³-hybridized carbons (Fsp3) is 0.600. The predicted octanol–water partition coefficient (Wildman–Crippen LogP) is -4.74. The second kappa shape index (κ2) is 11.0. The standard InChI is InChI=1S/C10H16N2O8.Cr/c13-7(14)3-11(4-8(15)16)1-2-12(5-9(17)18)6-10(19)20;/h1-6H2,(H,13,14)(H,15,16)(H,17,18)(H,19,20);/q;+2/p-2. The number of carbonyl (C=O) groups is 4. The van der Waals surface area contributed by atoms with Gasteiger partial charge in [0.2, 0.25) is 0 Å². The molecule has 0 fully saturated rings. The molecule has 0 aromatic rings. The van der Waals surface area contributed by atoms with Gasteiger partial charge < -0.3 is 30.0 Å². The van der Waals surface area contributed by atoms with Gasteiger partial charge in [-0.3, -0.25) is 19.4 Å². The maximum atomic E-state index is 10.5. The van der Waals surface area contributed by atoms with Crippen LogP contribution in [-0.4, -0.2) is 83.2 Å². The Morgan fingerprint density at radius 2 is 1.00 bits per heavy atom. The van der Waals surface area contributed by atoms with E-state index in [1.807, 2.05) is 0 Å². The summed E-state index contributed by atoms with van der Waals surface area (Å²) in [5.74, 6) is -5.52. The molecule has 0 heterocycles. The van der Waals surface area contributed by atoms with E-state index < -0.39 is 50.1 Å². The molecule has 0 spiro atoms. The van der Waals surface area contributed by atoms with Crippen molar-refractivity contribution in [2.75, 3.05) is 39.3 Å². The molecule has 0 bridgehead atoms. The average molecular weight is 342 g/mol. The van der Waals surface area contributed by atoms with Crippen LogP contribution in [0.3, 0.4) is 0 Å². The summed E-state index contributed by atoms with van der Waals surface area (Å²) in [6.45, 7) is -2.75. The van der Waals surface area contributed by atoms with Crippen molar-refractivity contribution in [1.29, 1.82) is 0 Å². The van der Waals surface area contributed by atoms with Crippen LogP contribution in [0.15, 0.2) is 0 Å². The molecule has 11 heteroatoms. The molecular weight excluding hydrogens is 328 g/mol. The van der Waals surface area contributed by atoms with Crippen LogP contribution in [0.4, 0.5) is 0 Å². The molecule has 0 aliphatic carbocycles. The van der Waals surface area contributed by atoms with Gasteiger partial charge in [0.15, 0.2) is 0 Å². The first-order valence-corrected chi connectivity index (χ1v) is 5.48. The number of nitrogens with zero attached hydrogens (tertiary/aromatic N) is 2. The molecule has 0 rings (SSSR count). The molecule has 118 valence electrons. The largest absolute Gasteiger partial charge is 2.00 e. The Bertz CT molecular complexity index is 321. The summed E-state index contributed by atoms with van der Waals surface area (Å²) in [5.41, 5.74) is 0. The smallest absolute Gasteiger partial charge is 0.549 e. The molecule has 21 heavy (non-hydrogen) atoms. The third-order valence-corrected chi connectivity index (χ3v) is 2.16. The SMILES string of the molecule is O=C([O-])CN(CCN(CC(=O)O)CC(=O)O)CC(=O)[O-].[Cr+2]. The fourth-order valence-corrected chi connectivity index (χ4v) is 1.46. The minimum absolute atomic E-state index is 0. The first-order valence-electron chi connectivity index (χ1n) is 5.48. The molecule has 10 nitrogen and oxygen atoms in total. The molecular formula is C10H14CrN2O8. The summed E-state index contributed by atoms with van der Waals surface area (Å²) < 4.78 is 0. The molecule has 0 saturated carbocycles. The minimum Gasteiger partial charge on any atom is -0.549 e. The van der Waals surface area contributed by atoms with Gasteiger partial charge in [-0.05, 0) is 0 Å². The van der Waals surface area contributed by atoms with Crippen LogP contribution in [0.5, 0.6) is 0 Å². The van der Waals surface area contributed by atoms with E-state index in [-0.39, 0.29) is 30.5 Å². The van der Waals surface area contributed by atoms with E-state index in [1.54, 1.807) is 0 Å². The number of rotatable bonds is 11. The van der Waals surface area contributed by atoms with Crippen molar-refractivity contribution in [2.45, 2.75) is 0 Å². The Kier molecular flexibility index (Phi) is 11.4. The van der Waals surface area contributed by atoms with Gasteiger partial charge >= 0.3 is 29.3 Å². The van der Waals surface area contributed by atoms with Gasteiger partial charge in [0, 0.05) is 26.2 Å². The summed E-state index contributed by atoms with van der Waals surface area (Å²) in [5, 5.41) is 38.0. The van der Waals surface area contributed by atoms with Crippen molar-refractivity contribution in [3.05, 3.63) is 0 Å². The Balaban J connectivity index is 0. The van der Waals surface area contributed by atoms with Gasteiger partial charge in [0.25, 0.3) is 0 Å². The first-order chi connectivity index (χ1) is 9.20. The third kappa shape index (κ3) is 13.1. The molecule has 0 amide bonds. The van der Waals surface area contributed by atoms with Gasteiger partial charge in [-0.2, -0.15) is 0 Å². The summed E-state index contributed by atoms with van der Waals surface area (Å²) in [4.78, 5) is 43.9. The second-order valence-electron chi connectivity index (χ2n) is 3.95. The molecule has 0 atom stereocenters. The monoisotopic (exact) mass is 342 g/mol. The van der Waals surface area contributed by atoms with E-state index in [2.05, 4.69) is 0 Å². The molecule has 2 N–H and O–H groups in total. The summed E-state index contributed by atoms with van der Waals surface area (Å²) in [6, 6.07) is 0. The quantitative estimate of drug-likeness (QED) is 0.373. The van der Waals surface area contributed by atoms with Crippen LogP contribution in [0.2, 0.25) is 0 Å². The van der Waals surface area contributed by atoms with E-state index in [0.29, 0.717) is 0 Å². The first kappa shape index (κ1) is 21.6. The van der Waals surface area contributed by atoms with Crippen LogP contribution in [0, 0.1) is 0 Å². The molecule has 0 unspecified atom stereocenters. The molecule has 0 aliphatic rings. The Morgan fingerprint density at radius 1 is 0.714 bits per heavy atom. The van der Waals surface area contributed by atoms with Crippen LogP contribution in [0.25, 0.3) is 0 Å². The Hall–Kier alpha value is -1.67. The van der Waals surface area contributed by atoms with E-state index in [1.165, 1.54) is 0 Å². The van der Waals surface area contributed by atoms with Crippen molar-refractivity contribution in [1.82, 2.24) is 9.80 Å². The summed E-state index contributed by atoms with van der Waals surface area (Å²) in [6.07, 6.45) is 0. The van der Waals surface area contributed by atoms with E-state index in [9.17, 15) is 29.4 Å². The van der Waals surface area contributed by atoms with Crippen molar-refractivity contribution in [2.24, 2.45) is 0 Å².